The molecule has 0 radical (unpaired) electrons. The summed E-state index contributed by atoms with van der Waals surface area (Å²) in [6.45, 7) is 9.58. The fourth-order valence-corrected chi connectivity index (χ4v) is 6.28. The fourth-order valence-electron chi connectivity index (χ4n) is 6.28. The molecule has 5 aromatic carbocycles. The number of nitrogens with one attached hydrogen (secondary N) is 1. The number of hydrogen-bond donors (Lipinski definition) is 1. The van der Waals surface area contributed by atoms with E-state index in [2.05, 4.69) is 45.8 Å². The van der Waals surface area contributed by atoms with Crippen LogP contribution < -0.4 is 5.32 Å². The molecule has 2 aliphatic rings. The Morgan fingerprint density at radius 3 is 2.09 bits per heavy atom. The molecule has 206 valence electrons. The first kappa shape index (κ1) is 26.3. The highest BCUT2D eigenvalue weighted by molar-refractivity contribution is 6.25. The fraction of sp³-hybridized carbons (Fsp3) is 0.0833. The van der Waals surface area contributed by atoms with Crippen LogP contribution in [0.3, 0.4) is 0 Å². The summed E-state index contributed by atoms with van der Waals surface area (Å²) in [5.74, 6) is 0. The summed E-state index contributed by atoms with van der Waals surface area (Å²) >= 11 is 0. The van der Waals surface area contributed by atoms with Crippen LogP contribution in [0.25, 0.3) is 49.5 Å². The molecule has 0 aromatic heterocycles. The SMILES string of the molecule is [C-]#[N+]/N=C1\c2cc(-c3cccc(C)c3)ccc2-c2cc3c(cc21)-c1ccc(-c2cccc(C(F)(F)F)c2)cc1C3NC#N. The van der Waals surface area contributed by atoms with Crippen LogP contribution in [0.5, 0.6) is 0 Å². The molecule has 2 aliphatic carbocycles. The molecule has 7 heteroatoms. The van der Waals surface area contributed by atoms with Crippen molar-refractivity contribution >= 4 is 5.71 Å². The van der Waals surface area contributed by atoms with Crippen molar-refractivity contribution in [3.63, 3.8) is 0 Å². The molecule has 0 saturated heterocycles. The van der Waals surface area contributed by atoms with Crippen molar-refractivity contribution < 1.29 is 13.2 Å². The van der Waals surface area contributed by atoms with Crippen LogP contribution in [-0.4, -0.2) is 5.71 Å². The first-order valence-electron chi connectivity index (χ1n) is 13.6. The summed E-state index contributed by atoms with van der Waals surface area (Å²) in [5.41, 5.74) is 11.2. The molecular weight excluding hydrogens is 545 g/mol. The van der Waals surface area contributed by atoms with Crippen molar-refractivity contribution in [1.82, 2.24) is 5.32 Å². The van der Waals surface area contributed by atoms with Gasteiger partial charge in [-0.1, -0.05) is 66.2 Å². The summed E-state index contributed by atoms with van der Waals surface area (Å²) in [5, 5.41) is 16.8. The minimum absolute atomic E-state index is 0.441. The Morgan fingerprint density at radius 2 is 1.37 bits per heavy atom. The van der Waals surface area contributed by atoms with Crippen molar-refractivity contribution in [1.29, 1.82) is 5.26 Å². The lowest BCUT2D eigenvalue weighted by atomic mass is 9.96. The molecule has 7 rings (SSSR count). The molecule has 43 heavy (non-hydrogen) atoms. The second kappa shape index (κ2) is 9.72. The second-order valence-electron chi connectivity index (χ2n) is 10.7. The van der Waals surface area contributed by atoms with Gasteiger partial charge in [0, 0.05) is 11.1 Å². The smallest absolute Gasteiger partial charge is 0.312 e. The Labute approximate surface area is 246 Å². The van der Waals surface area contributed by atoms with Crippen molar-refractivity contribution in [2.24, 2.45) is 5.10 Å². The molecule has 0 spiro atoms. The Morgan fingerprint density at radius 1 is 0.721 bits per heavy atom. The Hall–Kier alpha value is -5.66. The number of rotatable bonds is 3. The van der Waals surface area contributed by atoms with E-state index in [0.29, 0.717) is 16.8 Å². The predicted octanol–water partition coefficient (Wildman–Crippen LogP) is 9.14. The van der Waals surface area contributed by atoms with Gasteiger partial charge in [0.15, 0.2) is 11.9 Å². The van der Waals surface area contributed by atoms with E-state index < -0.39 is 17.8 Å². The maximum Gasteiger partial charge on any atom is 0.416 e. The molecular formula is C36H21F3N4. The summed E-state index contributed by atoms with van der Waals surface area (Å²) in [6.07, 6.45) is -2.38. The number of nitrogens with zero attached hydrogens (tertiary/aromatic N) is 3. The molecule has 4 nitrogen and oxygen atoms in total. The number of hydrogen-bond acceptors (Lipinski definition) is 3. The second-order valence-corrected chi connectivity index (χ2v) is 10.7. The number of alkyl halides is 3. The quantitative estimate of drug-likeness (QED) is 0.101. The van der Waals surface area contributed by atoms with Crippen LogP contribution in [0, 0.1) is 25.0 Å². The van der Waals surface area contributed by atoms with E-state index in [1.54, 1.807) is 12.1 Å². The Balaban J connectivity index is 1.36. The van der Waals surface area contributed by atoms with Gasteiger partial charge in [-0.3, -0.25) is 0 Å². The van der Waals surface area contributed by atoms with E-state index in [9.17, 15) is 18.4 Å². The average molecular weight is 567 g/mol. The number of fused-ring (bicyclic) bond motifs is 6. The summed E-state index contributed by atoms with van der Waals surface area (Å²) < 4.78 is 40.2. The third kappa shape index (κ3) is 4.26. The molecule has 0 amide bonds. The predicted molar refractivity (Wildman–Crippen MR) is 161 cm³/mol. The van der Waals surface area contributed by atoms with Crippen LogP contribution in [0.1, 0.15) is 39.4 Å². The number of nitriles is 1. The first-order valence-corrected chi connectivity index (χ1v) is 13.6. The van der Waals surface area contributed by atoms with Gasteiger partial charge < -0.3 is 5.32 Å². The first-order chi connectivity index (χ1) is 20.8. The largest absolute Gasteiger partial charge is 0.416 e. The van der Waals surface area contributed by atoms with Gasteiger partial charge in [-0.2, -0.15) is 25.0 Å². The normalized spacial score (nSPS) is 15.2. The zero-order valence-electron chi connectivity index (χ0n) is 22.8. The highest BCUT2D eigenvalue weighted by atomic mass is 19.4. The Kier molecular flexibility index (Phi) is 5.93. The zero-order chi connectivity index (χ0) is 29.9. The number of aryl methyl sites for hydroxylation is 1. The summed E-state index contributed by atoms with van der Waals surface area (Å²) in [4.78, 5) is 3.39. The van der Waals surface area contributed by atoms with Crippen molar-refractivity contribution in [2.45, 2.75) is 19.1 Å². The van der Waals surface area contributed by atoms with Crippen LogP contribution in [0.4, 0.5) is 13.2 Å². The van der Waals surface area contributed by atoms with Gasteiger partial charge in [-0.15, -0.1) is 4.95 Å². The van der Waals surface area contributed by atoms with Crippen LogP contribution in [-0.2, 0) is 6.18 Å². The van der Waals surface area contributed by atoms with Gasteiger partial charge in [0.1, 0.15) is 0 Å². The van der Waals surface area contributed by atoms with Gasteiger partial charge in [0.2, 0.25) is 0 Å². The number of halogens is 3. The molecule has 0 bridgehead atoms. The lowest BCUT2D eigenvalue weighted by molar-refractivity contribution is -0.137. The van der Waals surface area contributed by atoms with E-state index in [1.165, 1.54) is 6.07 Å². The maximum absolute atomic E-state index is 13.4. The van der Waals surface area contributed by atoms with Gasteiger partial charge in [0.25, 0.3) is 0 Å². The zero-order valence-corrected chi connectivity index (χ0v) is 22.8. The van der Waals surface area contributed by atoms with E-state index in [1.807, 2.05) is 49.4 Å². The molecule has 1 N–H and O–H groups in total. The third-order valence-electron chi connectivity index (χ3n) is 8.21. The third-order valence-corrected chi connectivity index (χ3v) is 8.21. The van der Waals surface area contributed by atoms with E-state index in [0.717, 1.165) is 73.3 Å². The standard InChI is InChI=1S/C36H21F3N4/c1-20-5-3-6-21(13-20)23-9-12-27-29-17-32-28(18-33(29)35(43-41-2)31(27)16-23)26-11-10-24(15-30(26)34(32)42-19-40)22-7-4-8-25(14-22)36(37,38)39/h3-18,34,42H,1H3/b43-35+. The van der Waals surface area contributed by atoms with Crippen LogP contribution >= 0.6 is 0 Å². The van der Waals surface area contributed by atoms with E-state index in [4.69, 9.17) is 6.57 Å². The van der Waals surface area contributed by atoms with Gasteiger partial charge in [0.05, 0.1) is 16.7 Å². The highest BCUT2D eigenvalue weighted by Crippen LogP contribution is 2.50. The molecule has 0 fully saturated rings. The van der Waals surface area contributed by atoms with Crippen LogP contribution in [0.15, 0.2) is 102 Å². The monoisotopic (exact) mass is 566 g/mol. The average Bonchev–Trinajstić information content (AvgIpc) is 3.47. The van der Waals surface area contributed by atoms with Gasteiger partial charge >= 0.3 is 6.18 Å². The minimum Gasteiger partial charge on any atom is -0.312 e. The number of benzene rings is 5. The van der Waals surface area contributed by atoms with E-state index >= 15 is 0 Å². The van der Waals surface area contributed by atoms with Crippen LogP contribution in [0.2, 0.25) is 0 Å². The van der Waals surface area contributed by atoms with Gasteiger partial charge in [-0.05, 0) is 99.0 Å². The molecule has 1 unspecified atom stereocenters. The molecule has 1 atom stereocenters. The van der Waals surface area contributed by atoms with Crippen molar-refractivity contribution in [3.8, 4) is 50.7 Å². The Bertz CT molecular complexity index is 2090. The molecule has 0 heterocycles. The lowest BCUT2D eigenvalue weighted by Crippen LogP contribution is -2.14. The lowest BCUT2D eigenvalue weighted by Gasteiger charge is -2.14. The minimum atomic E-state index is -4.45. The molecule has 0 saturated carbocycles. The van der Waals surface area contributed by atoms with E-state index in [-0.39, 0.29) is 0 Å². The molecule has 5 aromatic rings. The summed E-state index contributed by atoms with van der Waals surface area (Å²) in [6, 6.07) is 28.8. The topological polar surface area (TPSA) is 52.5 Å². The van der Waals surface area contributed by atoms with Crippen molar-refractivity contribution in [2.75, 3.05) is 0 Å². The molecule has 0 aliphatic heterocycles. The summed E-state index contributed by atoms with van der Waals surface area (Å²) in [7, 11) is 0. The van der Waals surface area contributed by atoms with Crippen molar-refractivity contribution in [3.05, 3.63) is 142 Å². The maximum atomic E-state index is 13.4. The van der Waals surface area contributed by atoms with Gasteiger partial charge in [-0.25, -0.2) is 0 Å². The highest BCUT2D eigenvalue weighted by Gasteiger charge is 2.35.